The maximum Gasteiger partial charge on any atom is 0.415 e. The summed E-state index contributed by atoms with van der Waals surface area (Å²) in [6.45, 7) is 8.78. The van der Waals surface area contributed by atoms with Gasteiger partial charge in [0.1, 0.15) is 16.4 Å². The molecule has 0 spiro atoms. The summed E-state index contributed by atoms with van der Waals surface area (Å²) in [7, 11) is 0. The Morgan fingerprint density at radius 2 is 1.94 bits per heavy atom. The van der Waals surface area contributed by atoms with E-state index >= 15 is 0 Å². The highest BCUT2D eigenvalue weighted by Gasteiger charge is 2.25. The van der Waals surface area contributed by atoms with Gasteiger partial charge in [-0.3, -0.25) is 9.69 Å². The molecule has 0 fully saturated rings. The van der Waals surface area contributed by atoms with Crippen molar-refractivity contribution in [1.29, 1.82) is 0 Å². The second-order valence-electron chi connectivity index (χ2n) is 8.17. The summed E-state index contributed by atoms with van der Waals surface area (Å²) in [6, 6.07) is 13.4. The van der Waals surface area contributed by atoms with Crippen LogP contribution in [0.5, 0.6) is 0 Å². The van der Waals surface area contributed by atoms with Crippen LogP contribution in [-0.2, 0) is 9.53 Å². The normalized spacial score (nSPS) is 11.1. The average molecular weight is 439 g/mol. The highest BCUT2D eigenvalue weighted by Crippen LogP contribution is 2.34. The van der Waals surface area contributed by atoms with Crippen molar-refractivity contribution in [2.45, 2.75) is 40.2 Å². The smallest absolute Gasteiger partial charge is 0.415 e. The van der Waals surface area contributed by atoms with Crippen molar-refractivity contribution >= 4 is 39.9 Å². The Kier molecular flexibility index (Phi) is 6.70. The summed E-state index contributed by atoms with van der Waals surface area (Å²) >= 11 is 1.36. The summed E-state index contributed by atoms with van der Waals surface area (Å²) in [5.74, 6) is 0.346. The number of nitrogens with zero attached hydrogens (tertiary/aromatic N) is 3. The molecule has 31 heavy (non-hydrogen) atoms. The molecule has 0 saturated carbocycles. The van der Waals surface area contributed by atoms with E-state index in [0.29, 0.717) is 16.6 Å². The number of ether oxygens (including phenoxy) is 1. The zero-order chi connectivity index (χ0) is 22.6. The van der Waals surface area contributed by atoms with E-state index in [9.17, 15) is 9.59 Å². The minimum absolute atomic E-state index is 0.0567. The summed E-state index contributed by atoms with van der Waals surface area (Å²) in [5, 5.41) is 3.82. The number of anilines is 3. The second kappa shape index (κ2) is 9.26. The van der Waals surface area contributed by atoms with E-state index in [0.717, 1.165) is 16.1 Å². The van der Waals surface area contributed by atoms with Gasteiger partial charge in [-0.2, -0.15) is 0 Å². The molecule has 1 amide bonds. The van der Waals surface area contributed by atoms with Gasteiger partial charge in [0, 0.05) is 11.9 Å². The van der Waals surface area contributed by atoms with E-state index < -0.39 is 11.7 Å². The third kappa shape index (κ3) is 6.36. The van der Waals surface area contributed by atoms with Gasteiger partial charge in [-0.15, -0.1) is 11.3 Å². The molecular formula is C23H26N4O3S. The number of amides is 1. The molecule has 2 heterocycles. The third-order valence-corrected chi connectivity index (χ3v) is 5.17. The number of carbonyl (C=O) groups excluding carboxylic acids is 2. The number of carbonyl (C=O) groups is 2. The number of nitrogens with one attached hydrogen (secondary N) is 1. The minimum Gasteiger partial charge on any atom is -0.443 e. The van der Waals surface area contributed by atoms with Crippen LogP contribution in [0.3, 0.4) is 0 Å². The molecule has 1 N–H and O–H groups in total. The predicted octanol–water partition coefficient (Wildman–Crippen LogP) is 5.59. The van der Waals surface area contributed by atoms with Crippen LogP contribution in [-0.4, -0.2) is 34.0 Å². The summed E-state index contributed by atoms with van der Waals surface area (Å²) in [4.78, 5) is 35.5. The molecule has 8 heteroatoms. The summed E-state index contributed by atoms with van der Waals surface area (Å²) in [5.41, 5.74) is 2.10. The first-order valence-electron chi connectivity index (χ1n) is 9.87. The van der Waals surface area contributed by atoms with Gasteiger partial charge in [0.15, 0.2) is 0 Å². The molecule has 3 rings (SSSR count). The van der Waals surface area contributed by atoms with Crippen LogP contribution in [0.4, 0.5) is 21.4 Å². The van der Waals surface area contributed by atoms with Crippen LogP contribution < -0.4 is 10.2 Å². The monoisotopic (exact) mass is 438 g/mol. The van der Waals surface area contributed by atoms with Gasteiger partial charge in [0.2, 0.25) is 5.95 Å². The molecule has 1 aromatic carbocycles. The molecule has 0 aliphatic rings. The molecular weight excluding hydrogens is 412 g/mol. The number of aryl methyl sites for hydroxylation is 1. The number of benzene rings is 1. The number of thiophene rings is 1. The van der Waals surface area contributed by atoms with E-state index in [-0.39, 0.29) is 12.3 Å². The van der Waals surface area contributed by atoms with Gasteiger partial charge in [-0.25, -0.2) is 14.8 Å². The van der Waals surface area contributed by atoms with Gasteiger partial charge >= 0.3 is 6.09 Å². The zero-order valence-corrected chi connectivity index (χ0v) is 19.1. The van der Waals surface area contributed by atoms with Crippen molar-refractivity contribution in [2.75, 3.05) is 16.8 Å². The zero-order valence-electron chi connectivity index (χ0n) is 18.3. The van der Waals surface area contributed by atoms with Crippen LogP contribution in [0.2, 0.25) is 0 Å². The Morgan fingerprint density at radius 3 is 2.61 bits per heavy atom. The quantitative estimate of drug-likeness (QED) is 0.540. The lowest BCUT2D eigenvalue weighted by molar-refractivity contribution is -0.115. The van der Waals surface area contributed by atoms with E-state index in [1.165, 1.54) is 23.2 Å². The molecule has 0 aliphatic carbocycles. The fourth-order valence-electron chi connectivity index (χ4n) is 2.79. The lowest BCUT2D eigenvalue weighted by Crippen LogP contribution is -2.39. The van der Waals surface area contributed by atoms with Crippen LogP contribution >= 0.6 is 11.3 Å². The number of aromatic nitrogens is 2. The Labute approximate surface area is 186 Å². The van der Waals surface area contributed by atoms with Crippen molar-refractivity contribution in [3.8, 4) is 10.6 Å². The lowest BCUT2D eigenvalue weighted by Gasteiger charge is -2.25. The Balaban J connectivity index is 1.84. The largest absolute Gasteiger partial charge is 0.443 e. The van der Waals surface area contributed by atoms with Crippen LogP contribution in [0.15, 0.2) is 48.7 Å². The average Bonchev–Trinajstić information content (AvgIpc) is 3.14. The lowest BCUT2D eigenvalue weighted by atomic mass is 10.2. The Morgan fingerprint density at radius 1 is 1.16 bits per heavy atom. The van der Waals surface area contributed by atoms with Crippen molar-refractivity contribution < 1.29 is 14.3 Å². The molecule has 0 unspecified atom stereocenters. The first-order valence-corrected chi connectivity index (χ1v) is 10.7. The van der Waals surface area contributed by atoms with Gasteiger partial charge in [-0.05, 0) is 70.5 Å². The third-order valence-electron chi connectivity index (χ3n) is 4.03. The molecule has 0 radical (unpaired) electrons. The van der Waals surface area contributed by atoms with Gasteiger partial charge in [0.05, 0.1) is 17.1 Å². The van der Waals surface area contributed by atoms with E-state index in [2.05, 4.69) is 15.3 Å². The summed E-state index contributed by atoms with van der Waals surface area (Å²) in [6.07, 6.45) is 1.13. The molecule has 162 valence electrons. The molecule has 3 aromatic rings. The van der Waals surface area contributed by atoms with Crippen molar-refractivity contribution in [1.82, 2.24) is 9.97 Å². The van der Waals surface area contributed by atoms with Crippen LogP contribution in [0.1, 0.15) is 33.3 Å². The standard InChI is InChI=1S/C23H26N4O3S/c1-15-7-6-8-17(13-15)25-21-24-12-11-18(26-21)19-9-10-20(31-19)27(14-16(2)28)22(29)30-23(3,4)5/h6-13H,14H2,1-5H3,(H,24,25,26). The highest BCUT2D eigenvalue weighted by atomic mass is 32.1. The number of ketones is 1. The fourth-order valence-corrected chi connectivity index (χ4v) is 3.76. The number of rotatable bonds is 6. The van der Waals surface area contributed by atoms with Crippen LogP contribution in [0.25, 0.3) is 10.6 Å². The van der Waals surface area contributed by atoms with E-state index in [4.69, 9.17) is 4.74 Å². The molecule has 0 bridgehead atoms. The Hall–Kier alpha value is -3.26. The highest BCUT2D eigenvalue weighted by molar-refractivity contribution is 7.19. The number of hydrogen-bond donors (Lipinski definition) is 1. The predicted molar refractivity (Wildman–Crippen MR) is 124 cm³/mol. The van der Waals surface area contributed by atoms with Crippen LogP contribution in [0, 0.1) is 6.92 Å². The maximum atomic E-state index is 12.6. The molecule has 2 aromatic heterocycles. The molecule has 0 aliphatic heterocycles. The fraction of sp³-hybridized carbons (Fsp3) is 0.304. The maximum absolute atomic E-state index is 12.6. The first kappa shape index (κ1) is 22.4. The van der Waals surface area contributed by atoms with E-state index in [1.54, 1.807) is 39.1 Å². The minimum atomic E-state index is -0.658. The van der Waals surface area contributed by atoms with Crippen molar-refractivity contribution in [2.24, 2.45) is 0 Å². The molecule has 0 atom stereocenters. The second-order valence-corrected chi connectivity index (χ2v) is 9.23. The topological polar surface area (TPSA) is 84.4 Å². The van der Waals surface area contributed by atoms with Crippen molar-refractivity contribution in [3.63, 3.8) is 0 Å². The Bertz CT molecular complexity index is 1090. The van der Waals surface area contributed by atoms with Gasteiger partial charge in [0.25, 0.3) is 0 Å². The van der Waals surface area contributed by atoms with E-state index in [1.807, 2.05) is 37.3 Å². The SMILES string of the molecule is CC(=O)CN(C(=O)OC(C)(C)C)c1ccc(-c2ccnc(Nc3cccc(C)c3)n2)s1. The number of Topliss-reactive ketones (excluding diaryl/α,β-unsaturated/α-hetero) is 1. The molecule has 0 saturated heterocycles. The summed E-state index contributed by atoms with van der Waals surface area (Å²) < 4.78 is 5.47. The van der Waals surface area contributed by atoms with Crippen molar-refractivity contribution in [3.05, 3.63) is 54.2 Å². The van der Waals surface area contributed by atoms with Gasteiger partial charge < -0.3 is 10.1 Å². The molecule has 7 nitrogen and oxygen atoms in total. The first-order chi connectivity index (χ1) is 14.6. The number of hydrogen-bond acceptors (Lipinski definition) is 7. The van der Waals surface area contributed by atoms with Gasteiger partial charge in [-0.1, -0.05) is 12.1 Å².